The molecular weight excluding hydrogens is 340 g/mol. The van der Waals surface area contributed by atoms with Gasteiger partial charge in [0.1, 0.15) is 4.88 Å². The van der Waals surface area contributed by atoms with Crippen molar-refractivity contribution in [2.24, 2.45) is 5.92 Å². The van der Waals surface area contributed by atoms with Crippen molar-refractivity contribution in [3.05, 3.63) is 51.1 Å². The van der Waals surface area contributed by atoms with Crippen LogP contribution in [0.25, 0.3) is 10.1 Å². The van der Waals surface area contributed by atoms with Gasteiger partial charge in [0, 0.05) is 15.8 Å². The molecule has 0 saturated heterocycles. The molecule has 3 aromatic rings. The van der Waals surface area contributed by atoms with Gasteiger partial charge < -0.3 is 0 Å². The molecule has 3 nitrogen and oxygen atoms in total. The van der Waals surface area contributed by atoms with Crippen LogP contribution in [0.5, 0.6) is 0 Å². The zero-order valence-corrected chi connectivity index (χ0v) is 16.0. The molecule has 2 aromatic heterocycles. The van der Waals surface area contributed by atoms with Gasteiger partial charge in [0.25, 0.3) is 5.91 Å². The Kier molecular flexibility index (Phi) is 4.79. The van der Waals surface area contributed by atoms with Crippen molar-refractivity contribution >= 4 is 38.9 Å². The minimum atomic E-state index is -0.141. The number of benzene rings is 1. The second-order valence-electron chi connectivity index (χ2n) is 6.54. The third kappa shape index (κ3) is 3.01. The van der Waals surface area contributed by atoms with Crippen molar-refractivity contribution in [1.82, 2.24) is 9.78 Å². The normalized spacial score (nSPS) is 11.6. The fourth-order valence-corrected chi connectivity index (χ4v) is 4.35. The predicted octanol–water partition coefficient (Wildman–Crippen LogP) is 5.65. The van der Waals surface area contributed by atoms with Crippen molar-refractivity contribution in [3.8, 4) is 0 Å². The summed E-state index contributed by atoms with van der Waals surface area (Å²) in [7, 11) is 0. The Morgan fingerprint density at radius 3 is 2.67 bits per heavy atom. The van der Waals surface area contributed by atoms with Gasteiger partial charge in [-0.15, -0.1) is 11.3 Å². The SMILES string of the molecule is Cc1nn(C(=O)c2sc3ccccc3c2Cl)c(C)c1CCC(C)C. The third-order valence-electron chi connectivity index (χ3n) is 4.33. The highest BCUT2D eigenvalue weighted by molar-refractivity contribution is 7.21. The smallest absolute Gasteiger partial charge is 0.266 e. The first-order chi connectivity index (χ1) is 11.4. The molecule has 126 valence electrons. The monoisotopic (exact) mass is 360 g/mol. The number of halogens is 1. The minimum Gasteiger partial charge on any atom is -0.266 e. The van der Waals surface area contributed by atoms with Gasteiger partial charge in [-0.2, -0.15) is 9.78 Å². The molecule has 0 bridgehead atoms. The van der Waals surface area contributed by atoms with E-state index in [9.17, 15) is 4.79 Å². The molecule has 3 rings (SSSR count). The van der Waals surface area contributed by atoms with E-state index in [0.717, 1.165) is 34.3 Å². The zero-order chi connectivity index (χ0) is 17.4. The highest BCUT2D eigenvalue weighted by Gasteiger charge is 2.23. The number of carbonyl (C=O) groups excluding carboxylic acids is 1. The van der Waals surface area contributed by atoms with Crippen LogP contribution in [0.3, 0.4) is 0 Å². The van der Waals surface area contributed by atoms with Crippen molar-refractivity contribution in [3.63, 3.8) is 0 Å². The summed E-state index contributed by atoms with van der Waals surface area (Å²) in [6.45, 7) is 8.35. The second-order valence-corrected chi connectivity index (χ2v) is 7.97. The second kappa shape index (κ2) is 6.69. The first-order valence-corrected chi connectivity index (χ1v) is 9.36. The molecule has 0 saturated carbocycles. The Morgan fingerprint density at radius 2 is 2.00 bits per heavy atom. The van der Waals surface area contributed by atoms with Crippen LogP contribution in [0.4, 0.5) is 0 Å². The number of fused-ring (bicyclic) bond motifs is 1. The maximum atomic E-state index is 13.0. The lowest BCUT2D eigenvalue weighted by Gasteiger charge is -2.06. The highest BCUT2D eigenvalue weighted by Crippen LogP contribution is 2.36. The summed E-state index contributed by atoms with van der Waals surface area (Å²) in [5.74, 6) is 0.484. The number of aryl methyl sites for hydroxylation is 1. The van der Waals surface area contributed by atoms with Crippen molar-refractivity contribution in [2.75, 3.05) is 0 Å². The molecule has 2 heterocycles. The quantitative estimate of drug-likeness (QED) is 0.603. The lowest BCUT2D eigenvalue weighted by Crippen LogP contribution is -2.14. The Bertz CT molecular complexity index is 908. The summed E-state index contributed by atoms with van der Waals surface area (Å²) < 4.78 is 2.54. The van der Waals surface area contributed by atoms with E-state index in [1.54, 1.807) is 0 Å². The number of hydrogen-bond acceptors (Lipinski definition) is 3. The summed E-state index contributed by atoms with van der Waals surface area (Å²) >= 11 is 7.88. The van der Waals surface area contributed by atoms with E-state index in [4.69, 9.17) is 11.6 Å². The molecular formula is C19H21ClN2OS. The van der Waals surface area contributed by atoms with E-state index in [1.807, 2.05) is 38.1 Å². The number of carbonyl (C=O) groups is 1. The molecule has 0 unspecified atom stereocenters. The van der Waals surface area contributed by atoms with Crippen LogP contribution in [-0.2, 0) is 6.42 Å². The summed E-state index contributed by atoms with van der Waals surface area (Å²) in [5.41, 5.74) is 3.03. The van der Waals surface area contributed by atoms with Gasteiger partial charge in [-0.3, -0.25) is 4.79 Å². The molecule has 0 aliphatic rings. The van der Waals surface area contributed by atoms with Gasteiger partial charge in [-0.1, -0.05) is 43.6 Å². The van der Waals surface area contributed by atoms with Crippen molar-refractivity contribution in [1.29, 1.82) is 0 Å². The van der Waals surface area contributed by atoms with Crippen molar-refractivity contribution in [2.45, 2.75) is 40.5 Å². The molecule has 0 radical (unpaired) electrons. The van der Waals surface area contributed by atoms with Crippen LogP contribution in [-0.4, -0.2) is 15.7 Å². The summed E-state index contributed by atoms with van der Waals surface area (Å²) in [6.07, 6.45) is 2.04. The van der Waals surface area contributed by atoms with Gasteiger partial charge in [0.15, 0.2) is 0 Å². The molecule has 0 aliphatic carbocycles. The maximum Gasteiger partial charge on any atom is 0.290 e. The van der Waals surface area contributed by atoms with Gasteiger partial charge in [0.2, 0.25) is 0 Å². The van der Waals surface area contributed by atoms with E-state index < -0.39 is 0 Å². The van der Waals surface area contributed by atoms with Gasteiger partial charge in [0.05, 0.1) is 10.7 Å². The van der Waals surface area contributed by atoms with Gasteiger partial charge >= 0.3 is 0 Å². The summed E-state index contributed by atoms with van der Waals surface area (Å²) in [4.78, 5) is 13.5. The summed E-state index contributed by atoms with van der Waals surface area (Å²) in [5, 5.41) is 5.94. The van der Waals surface area contributed by atoms with Crippen LogP contribution >= 0.6 is 22.9 Å². The Balaban J connectivity index is 2.00. The van der Waals surface area contributed by atoms with Crippen LogP contribution in [0.1, 0.15) is 46.9 Å². The first-order valence-electron chi connectivity index (χ1n) is 8.17. The molecule has 0 N–H and O–H groups in total. The molecule has 0 amide bonds. The lowest BCUT2D eigenvalue weighted by molar-refractivity contribution is 0.0946. The highest BCUT2D eigenvalue weighted by atomic mass is 35.5. The Morgan fingerprint density at radius 1 is 1.29 bits per heavy atom. The van der Waals surface area contributed by atoms with E-state index >= 15 is 0 Å². The van der Waals surface area contributed by atoms with Gasteiger partial charge in [-0.05, 0) is 44.2 Å². The fourth-order valence-electron chi connectivity index (χ4n) is 2.92. The largest absolute Gasteiger partial charge is 0.290 e. The number of nitrogens with zero attached hydrogens (tertiary/aromatic N) is 2. The molecule has 0 spiro atoms. The van der Waals surface area contributed by atoms with E-state index in [1.165, 1.54) is 21.6 Å². The molecule has 1 aromatic carbocycles. The van der Waals surface area contributed by atoms with Crippen LogP contribution in [0.2, 0.25) is 5.02 Å². The number of thiophene rings is 1. The van der Waals surface area contributed by atoms with Crippen LogP contribution in [0, 0.1) is 19.8 Å². The summed E-state index contributed by atoms with van der Waals surface area (Å²) in [6, 6.07) is 7.82. The average molecular weight is 361 g/mol. The average Bonchev–Trinajstić information content (AvgIpc) is 3.03. The first kappa shape index (κ1) is 17.2. The van der Waals surface area contributed by atoms with E-state index in [2.05, 4.69) is 18.9 Å². The minimum absolute atomic E-state index is 0.141. The topological polar surface area (TPSA) is 34.9 Å². The van der Waals surface area contributed by atoms with Crippen molar-refractivity contribution < 1.29 is 4.79 Å². The molecule has 0 atom stereocenters. The zero-order valence-electron chi connectivity index (χ0n) is 14.4. The lowest BCUT2D eigenvalue weighted by atomic mass is 10.0. The third-order valence-corrected chi connectivity index (χ3v) is 6.00. The predicted molar refractivity (Wildman–Crippen MR) is 101 cm³/mol. The van der Waals surface area contributed by atoms with Gasteiger partial charge in [-0.25, -0.2) is 0 Å². The standard InChI is InChI=1S/C19H21ClN2OS/c1-11(2)9-10-14-12(3)21-22(13(14)4)19(23)18-17(20)15-7-5-6-8-16(15)24-18/h5-8,11H,9-10H2,1-4H3. The molecule has 0 fully saturated rings. The number of hydrogen-bond donors (Lipinski definition) is 0. The van der Waals surface area contributed by atoms with Crippen LogP contribution in [0.15, 0.2) is 24.3 Å². The molecule has 5 heteroatoms. The fraction of sp³-hybridized carbons (Fsp3) is 0.368. The number of rotatable bonds is 4. The maximum absolute atomic E-state index is 13.0. The van der Waals surface area contributed by atoms with Crippen LogP contribution < -0.4 is 0 Å². The van der Waals surface area contributed by atoms with E-state index in [-0.39, 0.29) is 5.91 Å². The Labute approximate surface area is 151 Å². The molecule has 0 aliphatic heterocycles. The molecule has 24 heavy (non-hydrogen) atoms. The number of aromatic nitrogens is 2. The Hall–Kier alpha value is -1.65. The van der Waals surface area contributed by atoms with E-state index in [0.29, 0.717) is 15.8 Å².